The number of benzene rings is 2. The van der Waals surface area contributed by atoms with Gasteiger partial charge in [-0.1, -0.05) is 32.0 Å². The molecule has 0 aliphatic heterocycles. The van der Waals surface area contributed by atoms with Gasteiger partial charge in [0.15, 0.2) is 0 Å². The summed E-state index contributed by atoms with van der Waals surface area (Å²) in [5.74, 6) is 2.00. The average Bonchev–Trinajstić information content (AvgIpc) is 3.36. The Hall–Kier alpha value is -2.03. The van der Waals surface area contributed by atoms with Crippen LogP contribution < -0.4 is 9.47 Å². The Morgan fingerprint density at radius 3 is 2.48 bits per heavy atom. The van der Waals surface area contributed by atoms with Crippen molar-refractivity contribution >= 4 is 0 Å². The smallest absolute Gasteiger partial charge is 0.130 e. The minimum Gasteiger partial charge on any atom is -0.493 e. The Bertz CT molecular complexity index is 635. The second kappa shape index (κ2) is 7.03. The van der Waals surface area contributed by atoms with Crippen molar-refractivity contribution < 1.29 is 13.9 Å². The topological polar surface area (TPSA) is 18.5 Å². The standard InChI is InChI=1S/C20H23FO2/c1-14(2)20(23-17-6-4-3-5-7-17)18-11-10-16(21)12-19(18)22-13-15-8-9-15/h3-7,10-12,14-15,20H,8-9,13H2,1-2H3/t20-/m0/s1. The molecule has 3 rings (SSSR count). The molecule has 0 unspecified atom stereocenters. The zero-order valence-electron chi connectivity index (χ0n) is 13.7. The first kappa shape index (κ1) is 15.9. The minimum atomic E-state index is -0.276. The number of rotatable bonds is 7. The number of hydrogen-bond donors (Lipinski definition) is 0. The molecular weight excluding hydrogens is 291 g/mol. The van der Waals surface area contributed by atoms with E-state index in [1.165, 1.54) is 25.0 Å². The lowest BCUT2D eigenvalue weighted by Crippen LogP contribution is -2.16. The van der Waals surface area contributed by atoms with Crippen LogP contribution in [-0.4, -0.2) is 6.61 Å². The van der Waals surface area contributed by atoms with Gasteiger partial charge in [0.1, 0.15) is 23.4 Å². The Balaban J connectivity index is 1.85. The quantitative estimate of drug-likeness (QED) is 0.682. The van der Waals surface area contributed by atoms with E-state index in [1.807, 2.05) is 30.3 Å². The van der Waals surface area contributed by atoms with Crippen molar-refractivity contribution in [3.8, 4) is 11.5 Å². The van der Waals surface area contributed by atoms with Crippen LogP contribution in [0.2, 0.25) is 0 Å². The fraction of sp³-hybridized carbons (Fsp3) is 0.400. The second-order valence-corrected chi connectivity index (χ2v) is 6.53. The Morgan fingerprint density at radius 2 is 1.83 bits per heavy atom. The summed E-state index contributed by atoms with van der Waals surface area (Å²) in [6.45, 7) is 4.86. The highest BCUT2D eigenvalue weighted by Crippen LogP contribution is 2.36. The predicted octanol–water partition coefficient (Wildman–Crippen LogP) is 5.39. The van der Waals surface area contributed by atoms with Crippen LogP contribution in [0.1, 0.15) is 38.4 Å². The fourth-order valence-electron chi connectivity index (χ4n) is 2.56. The zero-order valence-corrected chi connectivity index (χ0v) is 13.7. The molecule has 3 heteroatoms. The number of ether oxygens (including phenoxy) is 2. The molecule has 1 atom stereocenters. The van der Waals surface area contributed by atoms with Crippen molar-refractivity contribution in [1.82, 2.24) is 0 Å². The Labute approximate surface area is 137 Å². The molecular formula is C20H23FO2. The van der Waals surface area contributed by atoms with Crippen molar-refractivity contribution in [2.24, 2.45) is 11.8 Å². The maximum absolute atomic E-state index is 13.7. The third-order valence-corrected chi connectivity index (χ3v) is 4.07. The first-order valence-electron chi connectivity index (χ1n) is 8.27. The maximum atomic E-state index is 13.7. The molecule has 1 saturated carbocycles. The summed E-state index contributed by atoms with van der Waals surface area (Å²) >= 11 is 0. The van der Waals surface area contributed by atoms with Crippen LogP contribution in [0, 0.1) is 17.7 Å². The normalized spacial score (nSPS) is 15.5. The molecule has 1 aliphatic rings. The maximum Gasteiger partial charge on any atom is 0.130 e. The van der Waals surface area contributed by atoms with E-state index in [0.717, 1.165) is 11.3 Å². The lowest BCUT2D eigenvalue weighted by molar-refractivity contribution is 0.147. The summed E-state index contributed by atoms with van der Waals surface area (Å²) in [4.78, 5) is 0. The van der Waals surface area contributed by atoms with Gasteiger partial charge in [0.2, 0.25) is 0 Å². The molecule has 0 radical (unpaired) electrons. The number of halogens is 1. The van der Waals surface area contributed by atoms with Gasteiger partial charge in [-0.15, -0.1) is 0 Å². The van der Waals surface area contributed by atoms with Crippen LogP contribution in [0.15, 0.2) is 48.5 Å². The van der Waals surface area contributed by atoms with E-state index >= 15 is 0 Å². The van der Waals surface area contributed by atoms with Crippen LogP contribution in [0.25, 0.3) is 0 Å². The molecule has 0 N–H and O–H groups in total. The van der Waals surface area contributed by atoms with Gasteiger partial charge in [-0.3, -0.25) is 0 Å². The SMILES string of the molecule is CC(C)[C@H](Oc1ccccc1)c1ccc(F)cc1OCC1CC1. The lowest BCUT2D eigenvalue weighted by Gasteiger charge is -2.25. The van der Waals surface area contributed by atoms with Crippen LogP contribution in [-0.2, 0) is 0 Å². The molecule has 0 saturated heterocycles. The van der Waals surface area contributed by atoms with Crippen molar-refractivity contribution in [3.05, 3.63) is 59.9 Å². The summed E-state index contributed by atoms with van der Waals surface area (Å²) in [5, 5.41) is 0. The second-order valence-electron chi connectivity index (χ2n) is 6.53. The summed E-state index contributed by atoms with van der Waals surface area (Å²) in [6, 6.07) is 14.5. The molecule has 0 spiro atoms. The first-order chi connectivity index (χ1) is 11.1. The van der Waals surface area contributed by atoms with Gasteiger partial charge in [0.05, 0.1) is 6.61 Å². The van der Waals surface area contributed by atoms with E-state index in [2.05, 4.69) is 13.8 Å². The van der Waals surface area contributed by atoms with Gasteiger partial charge in [0, 0.05) is 11.6 Å². The van der Waals surface area contributed by atoms with Crippen LogP contribution in [0.3, 0.4) is 0 Å². The van der Waals surface area contributed by atoms with Crippen molar-refractivity contribution in [2.75, 3.05) is 6.61 Å². The van der Waals surface area contributed by atoms with Gasteiger partial charge >= 0.3 is 0 Å². The van der Waals surface area contributed by atoms with E-state index in [4.69, 9.17) is 9.47 Å². The molecule has 2 nitrogen and oxygen atoms in total. The zero-order chi connectivity index (χ0) is 16.2. The lowest BCUT2D eigenvalue weighted by atomic mass is 9.97. The molecule has 23 heavy (non-hydrogen) atoms. The molecule has 0 amide bonds. The third kappa shape index (κ3) is 4.25. The highest BCUT2D eigenvalue weighted by molar-refractivity contribution is 5.37. The largest absolute Gasteiger partial charge is 0.493 e. The van der Waals surface area contributed by atoms with E-state index in [9.17, 15) is 4.39 Å². The molecule has 2 aromatic rings. The fourth-order valence-corrected chi connectivity index (χ4v) is 2.56. The van der Waals surface area contributed by atoms with Crippen molar-refractivity contribution in [1.29, 1.82) is 0 Å². The summed E-state index contributed by atoms with van der Waals surface area (Å²) in [7, 11) is 0. The third-order valence-electron chi connectivity index (χ3n) is 4.07. The highest BCUT2D eigenvalue weighted by Gasteiger charge is 2.25. The van der Waals surface area contributed by atoms with E-state index in [0.29, 0.717) is 18.3 Å². The van der Waals surface area contributed by atoms with Gasteiger partial charge in [0.25, 0.3) is 0 Å². The molecule has 1 aliphatic carbocycles. The molecule has 0 heterocycles. The Kier molecular flexibility index (Phi) is 4.85. The summed E-state index contributed by atoms with van der Waals surface area (Å²) < 4.78 is 25.7. The first-order valence-corrected chi connectivity index (χ1v) is 8.27. The number of hydrogen-bond acceptors (Lipinski definition) is 2. The van der Waals surface area contributed by atoms with E-state index < -0.39 is 0 Å². The molecule has 2 aromatic carbocycles. The van der Waals surface area contributed by atoms with Crippen molar-refractivity contribution in [3.63, 3.8) is 0 Å². The minimum absolute atomic E-state index is 0.174. The van der Waals surface area contributed by atoms with Gasteiger partial charge in [-0.2, -0.15) is 0 Å². The summed E-state index contributed by atoms with van der Waals surface area (Å²) in [5.41, 5.74) is 0.908. The van der Waals surface area contributed by atoms with Gasteiger partial charge in [-0.25, -0.2) is 4.39 Å². The molecule has 0 aromatic heterocycles. The van der Waals surface area contributed by atoms with E-state index in [1.54, 1.807) is 6.07 Å². The average molecular weight is 314 g/mol. The molecule has 0 bridgehead atoms. The van der Waals surface area contributed by atoms with Crippen LogP contribution in [0.4, 0.5) is 4.39 Å². The monoisotopic (exact) mass is 314 g/mol. The molecule has 1 fully saturated rings. The van der Waals surface area contributed by atoms with Crippen LogP contribution in [0.5, 0.6) is 11.5 Å². The summed E-state index contributed by atoms with van der Waals surface area (Å²) in [6.07, 6.45) is 2.24. The Morgan fingerprint density at radius 1 is 1.09 bits per heavy atom. The van der Waals surface area contributed by atoms with Gasteiger partial charge in [-0.05, 0) is 48.9 Å². The van der Waals surface area contributed by atoms with Gasteiger partial charge < -0.3 is 9.47 Å². The number of para-hydroxylation sites is 1. The molecule has 122 valence electrons. The predicted molar refractivity (Wildman–Crippen MR) is 89.3 cm³/mol. The van der Waals surface area contributed by atoms with E-state index in [-0.39, 0.29) is 17.8 Å². The van der Waals surface area contributed by atoms with Crippen LogP contribution >= 0.6 is 0 Å². The van der Waals surface area contributed by atoms with Crippen molar-refractivity contribution in [2.45, 2.75) is 32.8 Å². The highest BCUT2D eigenvalue weighted by atomic mass is 19.1.